The number of carboxylic acids is 1. The first-order valence-corrected chi connectivity index (χ1v) is 95.2. The van der Waals surface area contributed by atoms with Crippen LogP contribution in [-0.4, -0.2) is 109 Å². The van der Waals surface area contributed by atoms with Gasteiger partial charge < -0.3 is 50.8 Å². The maximum Gasteiger partial charge on any atom is 0.408 e. The number of hydrogen-bond donors (Lipinski definition) is 6. The molecule has 0 fully saturated rings. The molecule has 0 saturated heterocycles. The van der Waals surface area contributed by atoms with Gasteiger partial charge in [0.25, 0.3) is 0 Å². The Morgan fingerprint density at radius 3 is 0.886 bits per heavy atom. The molecule has 6 N–H and O–H groups in total. The van der Waals surface area contributed by atoms with Crippen LogP contribution in [0.5, 0.6) is 0 Å². The number of Topliss-reactive ketones (excluding diaryl/α,β-unsaturated/α-hetero) is 3. The van der Waals surface area contributed by atoms with Crippen LogP contribution in [0, 0.1) is 20.8 Å². The lowest BCUT2D eigenvalue weighted by molar-refractivity contribution is -0.158. The van der Waals surface area contributed by atoms with Crippen LogP contribution >= 0.6 is 0 Å². The number of nitrogens with zero attached hydrogens (tertiary/aromatic N) is 2. The van der Waals surface area contributed by atoms with Crippen molar-refractivity contribution in [2.45, 2.75) is 136 Å². The largest absolute Gasteiger partial charge is 0.480 e. The van der Waals surface area contributed by atoms with Crippen molar-refractivity contribution in [3.05, 3.63) is 219 Å². The smallest absolute Gasteiger partial charge is 0.408 e. The summed E-state index contributed by atoms with van der Waals surface area (Å²) in [4.78, 5) is 86.4. The Morgan fingerprint density at radius 1 is 0.364 bits per heavy atom. The molecule has 0 radical (unpaired) electrons. The lowest BCUT2D eigenvalue weighted by Gasteiger charge is -2.24. The van der Waals surface area contributed by atoms with Crippen LogP contribution in [0.3, 0.4) is 0 Å². The number of ketones is 3. The Morgan fingerprint density at radius 2 is 0.621 bits per heavy atom. The summed E-state index contributed by atoms with van der Waals surface area (Å²) in [6, 6.07) is 48.4. The average Bonchev–Trinajstić information content (AvgIpc) is 0.645. The van der Waals surface area contributed by atoms with E-state index in [0.717, 1.165) is 33.4 Å². The molecule has 0 aliphatic heterocycles. The van der Waals surface area contributed by atoms with Crippen molar-refractivity contribution in [2.75, 3.05) is 13.2 Å². The second-order valence-corrected chi connectivity index (χ2v) is 101. The maximum absolute atomic E-state index is 13.0. The van der Waals surface area contributed by atoms with Gasteiger partial charge in [-0.05, 0) is 122 Å². The van der Waals surface area contributed by atoms with Gasteiger partial charge in [-0.25, -0.2) is 19.2 Å². The molecule has 0 heterocycles. The lowest BCUT2D eigenvalue weighted by atomic mass is 9.99. The van der Waals surface area contributed by atoms with Crippen molar-refractivity contribution < 1.29 is 73.0 Å². The number of amides is 2. The fourth-order valence-corrected chi connectivity index (χ4v) is 115. The molecule has 0 aromatic heterocycles. The maximum atomic E-state index is 13.0. The summed E-state index contributed by atoms with van der Waals surface area (Å²) in [5.41, 5.74) is 16.0. The molecule has 0 saturated carbocycles. The Balaban J connectivity index is 0.000000808. The fraction of sp³-hybridized carbons (Fsp3) is 0.343. The van der Waals surface area contributed by atoms with Crippen LogP contribution in [-0.2, 0) is 484 Å². The number of aliphatic hydroxyl groups excluding tert-OH is 3. The second kappa shape index (κ2) is 88.9. The number of alkyl carbamates (subject to hydrolysis) is 2. The van der Waals surface area contributed by atoms with E-state index in [-0.39, 0.29) is 29.5 Å². The molecule has 132 heavy (non-hydrogen) atoms. The summed E-state index contributed by atoms with van der Waals surface area (Å²) in [6.07, 6.45) is -1.22. The number of aliphatic carboxylic acids is 1. The van der Waals surface area contributed by atoms with Crippen LogP contribution in [0.2, 0.25) is 0 Å². The molecule has 0 aliphatic rings. The van der Waals surface area contributed by atoms with Gasteiger partial charge in [0, 0.05) is 446 Å². The van der Waals surface area contributed by atoms with E-state index in [1.165, 1.54) is 35.5 Å². The summed E-state index contributed by atoms with van der Waals surface area (Å²) in [7, 11) is 74.4. The van der Waals surface area contributed by atoms with E-state index in [1.54, 1.807) is 335 Å². The summed E-state index contributed by atoms with van der Waals surface area (Å²) in [5.74, 6) is -2.79. The van der Waals surface area contributed by atoms with Gasteiger partial charge in [0.15, 0.2) is 29.8 Å². The van der Waals surface area contributed by atoms with Gasteiger partial charge in [-0.2, -0.15) is 4.79 Å². The molecule has 2 unspecified atom stereocenters. The molecule has 6 aromatic rings. The number of esters is 1. The van der Waals surface area contributed by atoms with E-state index in [0.29, 0.717) is 48.8 Å². The number of aryl methyl sites for hydroxylation is 6. The van der Waals surface area contributed by atoms with Gasteiger partial charge in [-0.15, -0.1) is 0 Å². The van der Waals surface area contributed by atoms with Crippen LogP contribution < -0.4 is 10.6 Å². The van der Waals surface area contributed by atoms with Crippen LogP contribution in [0.25, 0.3) is 5.53 Å². The first-order chi connectivity index (χ1) is 63.5. The molecular weight excluding hydrogens is 2590 g/mol. The minimum Gasteiger partial charge on any atom is -0.480 e. The standard InChI is InChI=1S/C25H31NO6.C17H16N2O.C17H18O2.C8H15NO5.S28.S19/c1-17-10-13-19(14-11-17)22(21(28)15-12-18-8-6-5-7-9-18)31-23(29)20(16-27)26-24(30)32-25(2,3)4;1-13-7-10-15(11-8-13)17(19-18)16(20)12-9-14-5-3-2-4-6-14;1-13-7-10-15(11-8-13)17(19)16(18)12-9-14-5-3-2-4-6-14;1-8(2,3)14-7(13)9-5(4-10)6(11)12;1-3-5-7-9-11-13-15-17-19-21-23-25-27-28-26-24-22-20-18-16-14-12-10-8-6-4-2;1-3-5-7-9-11-13-15-17-19-18-16-14-12-10-8-6-4-2/h5-11,13-14,20,22,27H,12,15-16H2,1-4H3,(H,26,30);2-8,10-11H,9,12H2,1H3;2-8,10-11,17,19H,9,12H2,1H3;5,10H,4H2,1-3H3,(H,9,13)(H,11,12);;/t20-,22?;;;5-;;/m0..1../s1. The summed E-state index contributed by atoms with van der Waals surface area (Å²) < 4.78 is 15.4. The lowest BCUT2D eigenvalue weighted by Crippen LogP contribution is -2.47. The molecule has 734 valence electrons. The van der Waals surface area contributed by atoms with Crippen molar-refractivity contribution in [1.82, 2.24) is 10.6 Å². The number of ether oxygens (including phenoxy) is 3. The Kier molecular flexibility index (Phi) is 88.5. The minimum absolute atomic E-state index is 0.126. The number of carbonyl (C=O) groups is 7. The Hall–Kier alpha value is 1.41. The van der Waals surface area contributed by atoms with Crippen molar-refractivity contribution in [3.8, 4) is 0 Å². The Labute approximate surface area is 910 Å². The summed E-state index contributed by atoms with van der Waals surface area (Å²) >= 11 is 19.1. The highest BCUT2D eigenvalue weighted by Gasteiger charge is 2.31. The monoisotopic (exact) mass is 2670 g/mol. The van der Waals surface area contributed by atoms with Gasteiger partial charge in [-0.3, -0.25) is 14.4 Å². The average molecular weight is 2670 g/mol. The molecule has 18 nitrogen and oxygen atoms in total. The molecule has 65 heteroatoms. The van der Waals surface area contributed by atoms with E-state index in [2.05, 4.69) is 10.1 Å². The number of hydrogen-bond acceptors (Lipinski definition) is 17. The molecule has 4 atom stereocenters. The number of carboxylic acid groups (broad SMARTS) is 1. The van der Waals surface area contributed by atoms with E-state index >= 15 is 0 Å². The number of rotatable bonds is 22. The van der Waals surface area contributed by atoms with Crippen molar-refractivity contribution in [3.63, 3.8) is 0 Å². The predicted molar refractivity (Wildman–Crippen MR) is 669 cm³/mol. The SMILES string of the molecule is CC(C)(C)OC(=O)N[C@H](CO)C(=O)O.Cc1ccc(C(=[N+]=[N-])C(=O)CCc2ccccc2)cc1.Cc1ccc(C(O)C(=O)CCc2ccccc2)cc1.Cc1ccc(C(OC(=O)[C@H](CO)NC(=O)OC(C)(C)C)C(=O)CCc2ccccc2)cc1.S=S=S=S=S=S=S=S=S=S=S=S=S=S=S=S=S=S=S.S=S=S=S=S=S=S=S=S=S=S=S=S=S=S=S=S=S=S=S=S=S=S=S=S=S=S=S. The van der Waals surface area contributed by atoms with Gasteiger partial charge in [-0.1, -0.05) is 168 Å². The molecular formula is C67H80N4O14S47. The predicted octanol–water partition coefficient (Wildman–Crippen LogP) is 9.96. The van der Waals surface area contributed by atoms with Crippen LogP contribution in [0.15, 0.2) is 164 Å². The van der Waals surface area contributed by atoms with Gasteiger partial charge in [0.1, 0.15) is 17.3 Å². The van der Waals surface area contributed by atoms with E-state index in [9.17, 15) is 43.8 Å². The molecule has 0 bridgehead atoms. The zero-order valence-corrected chi connectivity index (χ0v) is 107. The molecule has 0 aliphatic carbocycles. The van der Waals surface area contributed by atoms with Crippen molar-refractivity contribution >= 4 is 474 Å². The number of aliphatic hydroxyl groups is 3. The summed E-state index contributed by atoms with van der Waals surface area (Å²) in [6.45, 7) is 14.5. The highest BCUT2D eigenvalue weighted by molar-refractivity contribution is 8.81. The van der Waals surface area contributed by atoms with Crippen LogP contribution in [0.1, 0.15) is 123 Å². The third-order valence-corrected chi connectivity index (χ3v) is 104. The van der Waals surface area contributed by atoms with E-state index in [1.807, 2.05) is 242 Å². The highest BCUT2D eigenvalue weighted by Crippen LogP contribution is 2.24. The third kappa shape index (κ3) is 76.1. The highest BCUT2D eigenvalue weighted by atomic mass is 33.5. The van der Waals surface area contributed by atoms with Gasteiger partial charge in [0.05, 0.1) is 18.8 Å². The molecule has 2 amide bonds. The zero-order chi connectivity index (χ0) is 97.5. The van der Waals surface area contributed by atoms with Crippen LogP contribution in [0.4, 0.5) is 9.59 Å². The molecule has 6 rings (SSSR count). The molecule has 0 spiro atoms. The number of nitrogens with one attached hydrogen (secondary N) is 2. The zero-order valence-electron chi connectivity index (χ0n) is 69.0. The van der Waals surface area contributed by atoms with E-state index in [4.69, 9.17) is 74.7 Å². The van der Waals surface area contributed by atoms with Crippen molar-refractivity contribution in [1.29, 1.82) is 0 Å². The molecule has 6 aromatic carbocycles. The minimum atomic E-state index is -1.36. The third-order valence-electron chi connectivity index (χ3n) is 13.3. The topological polar surface area (TPSA) is 289 Å². The second-order valence-electron chi connectivity index (χ2n) is 24.7. The van der Waals surface area contributed by atoms with Crippen molar-refractivity contribution in [2.24, 2.45) is 0 Å². The fourth-order valence-electron chi connectivity index (χ4n) is 8.00. The number of benzene rings is 6. The first kappa shape index (κ1) is 131. The first-order valence-electron chi connectivity index (χ1n) is 35.2. The van der Waals surface area contributed by atoms with Gasteiger partial charge in [0.2, 0.25) is 5.78 Å². The number of carbonyl (C=O) groups excluding carboxylic acids is 6. The van der Waals surface area contributed by atoms with Gasteiger partial charge >= 0.3 is 29.8 Å². The van der Waals surface area contributed by atoms with E-state index < -0.39 is 72.8 Å². The summed E-state index contributed by atoms with van der Waals surface area (Å²) in [5, 5.41) is 41.0. The normalized spacial score (nSPS) is 10.5. The quantitative estimate of drug-likeness (QED) is 0.0121. The Bertz CT molecular complexity index is 6890.